The standard InChI is InChI=1S/C16H30O3/c1-6-15(4,5)14(17)19-13-10-9-12(11-13)16(18,7-2)8-3/h12-13,18H,6-11H2,1-5H3. The molecule has 1 aliphatic rings. The zero-order valence-corrected chi connectivity index (χ0v) is 13.2. The summed E-state index contributed by atoms with van der Waals surface area (Å²) in [5.41, 5.74) is -0.981. The smallest absolute Gasteiger partial charge is 0.311 e. The molecule has 0 spiro atoms. The Balaban J connectivity index is 2.56. The molecule has 0 aliphatic heterocycles. The molecule has 1 aliphatic carbocycles. The number of aliphatic hydroxyl groups is 1. The predicted molar refractivity (Wildman–Crippen MR) is 76.8 cm³/mol. The molecular formula is C16H30O3. The molecule has 112 valence electrons. The molecule has 0 bridgehead atoms. The Kier molecular flexibility index (Phi) is 5.43. The average Bonchev–Trinajstić information content (AvgIpc) is 2.86. The fraction of sp³-hybridized carbons (Fsp3) is 0.938. The van der Waals surface area contributed by atoms with Gasteiger partial charge < -0.3 is 9.84 Å². The molecule has 3 nitrogen and oxygen atoms in total. The van der Waals surface area contributed by atoms with Gasteiger partial charge in [0.05, 0.1) is 11.0 Å². The lowest BCUT2D eigenvalue weighted by Gasteiger charge is -2.32. The third kappa shape index (κ3) is 3.71. The van der Waals surface area contributed by atoms with Gasteiger partial charge in [-0.3, -0.25) is 4.79 Å². The molecule has 0 saturated heterocycles. The molecule has 1 fully saturated rings. The van der Waals surface area contributed by atoms with Gasteiger partial charge >= 0.3 is 5.97 Å². The van der Waals surface area contributed by atoms with Crippen LogP contribution in [0.25, 0.3) is 0 Å². The zero-order valence-electron chi connectivity index (χ0n) is 13.2. The second-order valence-electron chi connectivity index (χ2n) is 6.59. The number of carbonyl (C=O) groups excluding carboxylic acids is 1. The van der Waals surface area contributed by atoms with Crippen molar-refractivity contribution in [2.45, 2.75) is 84.8 Å². The van der Waals surface area contributed by atoms with Crippen molar-refractivity contribution in [3.8, 4) is 0 Å². The lowest BCUT2D eigenvalue weighted by Crippen LogP contribution is -2.36. The molecule has 0 amide bonds. The number of ether oxygens (including phenoxy) is 1. The topological polar surface area (TPSA) is 46.5 Å². The fourth-order valence-corrected chi connectivity index (χ4v) is 2.82. The molecule has 1 saturated carbocycles. The van der Waals surface area contributed by atoms with Gasteiger partial charge in [-0.25, -0.2) is 0 Å². The Morgan fingerprint density at radius 2 is 1.74 bits per heavy atom. The highest BCUT2D eigenvalue weighted by Crippen LogP contribution is 2.40. The first-order valence-corrected chi connectivity index (χ1v) is 7.72. The summed E-state index contributed by atoms with van der Waals surface area (Å²) in [6.07, 6.45) is 4.98. The van der Waals surface area contributed by atoms with E-state index in [0.717, 1.165) is 38.5 Å². The van der Waals surface area contributed by atoms with Gasteiger partial charge in [0, 0.05) is 0 Å². The summed E-state index contributed by atoms with van der Waals surface area (Å²) in [4.78, 5) is 12.1. The van der Waals surface area contributed by atoms with Crippen LogP contribution in [0.2, 0.25) is 0 Å². The van der Waals surface area contributed by atoms with E-state index in [1.54, 1.807) is 0 Å². The van der Waals surface area contributed by atoms with E-state index in [2.05, 4.69) is 0 Å². The van der Waals surface area contributed by atoms with Crippen molar-refractivity contribution in [2.75, 3.05) is 0 Å². The van der Waals surface area contributed by atoms with Crippen molar-refractivity contribution in [1.29, 1.82) is 0 Å². The Bertz CT molecular complexity index is 305. The van der Waals surface area contributed by atoms with Crippen LogP contribution in [-0.4, -0.2) is 22.8 Å². The lowest BCUT2D eigenvalue weighted by molar-refractivity contribution is -0.160. The normalized spacial score (nSPS) is 24.5. The van der Waals surface area contributed by atoms with E-state index in [4.69, 9.17) is 4.74 Å². The minimum atomic E-state index is -0.582. The number of hydrogen-bond acceptors (Lipinski definition) is 3. The molecule has 2 atom stereocenters. The van der Waals surface area contributed by atoms with Crippen LogP contribution in [-0.2, 0) is 9.53 Å². The molecule has 0 aromatic rings. The first-order valence-electron chi connectivity index (χ1n) is 7.72. The minimum absolute atomic E-state index is 0.00653. The van der Waals surface area contributed by atoms with Crippen molar-refractivity contribution in [3.05, 3.63) is 0 Å². The Morgan fingerprint density at radius 3 is 2.21 bits per heavy atom. The molecule has 0 aromatic heterocycles. The summed E-state index contributed by atoms with van der Waals surface area (Å²) in [6, 6.07) is 0. The SMILES string of the molecule is CCC(C)(C)C(=O)OC1CCC(C(O)(CC)CC)C1. The highest BCUT2D eigenvalue weighted by molar-refractivity contribution is 5.76. The summed E-state index contributed by atoms with van der Waals surface area (Å²) in [7, 11) is 0. The highest BCUT2D eigenvalue weighted by atomic mass is 16.5. The van der Waals surface area contributed by atoms with Gasteiger partial charge in [0.25, 0.3) is 0 Å². The fourth-order valence-electron chi connectivity index (χ4n) is 2.82. The zero-order chi connectivity index (χ0) is 14.7. The van der Waals surface area contributed by atoms with E-state index in [-0.39, 0.29) is 18.0 Å². The summed E-state index contributed by atoms with van der Waals surface area (Å²) in [5, 5.41) is 10.5. The first-order chi connectivity index (χ1) is 8.79. The van der Waals surface area contributed by atoms with Gasteiger partial charge in [-0.15, -0.1) is 0 Å². The molecule has 2 unspecified atom stereocenters. The minimum Gasteiger partial charge on any atom is -0.462 e. The number of esters is 1. The Labute approximate surface area is 117 Å². The highest BCUT2D eigenvalue weighted by Gasteiger charge is 2.41. The van der Waals surface area contributed by atoms with Crippen molar-refractivity contribution in [3.63, 3.8) is 0 Å². The van der Waals surface area contributed by atoms with Crippen LogP contribution in [0.3, 0.4) is 0 Å². The van der Waals surface area contributed by atoms with Gasteiger partial charge in [-0.05, 0) is 58.3 Å². The van der Waals surface area contributed by atoms with Crippen molar-refractivity contribution >= 4 is 5.97 Å². The third-order valence-corrected chi connectivity index (χ3v) is 5.08. The number of carbonyl (C=O) groups is 1. The summed E-state index contributed by atoms with van der Waals surface area (Å²) in [5.74, 6) is 0.169. The van der Waals surface area contributed by atoms with E-state index < -0.39 is 11.0 Å². The molecule has 0 heterocycles. The quantitative estimate of drug-likeness (QED) is 0.749. The van der Waals surface area contributed by atoms with E-state index in [1.807, 2.05) is 34.6 Å². The van der Waals surface area contributed by atoms with Crippen molar-refractivity contribution < 1.29 is 14.6 Å². The van der Waals surface area contributed by atoms with Crippen LogP contribution < -0.4 is 0 Å². The molecule has 19 heavy (non-hydrogen) atoms. The number of hydrogen-bond donors (Lipinski definition) is 1. The summed E-state index contributed by atoms with van der Waals surface area (Å²) in [6.45, 7) is 9.92. The lowest BCUT2D eigenvalue weighted by atomic mass is 9.82. The first kappa shape index (κ1) is 16.5. The largest absolute Gasteiger partial charge is 0.462 e. The van der Waals surface area contributed by atoms with Crippen LogP contribution in [0, 0.1) is 11.3 Å². The second kappa shape index (κ2) is 6.25. The van der Waals surface area contributed by atoms with E-state index >= 15 is 0 Å². The van der Waals surface area contributed by atoms with Crippen LogP contribution >= 0.6 is 0 Å². The molecule has 0 radical (unpaired) electrons. The van der Waals surface area contributed by atoms with Crippen LogP contribution in [0.1, 0.15) is 73.1 Å². The van der Waals surface area contributed by atoms with Crippen LogP contribution in [0.5, 0.6) is 0 Å². The summed E-state index contributed by atoms with van der Waals surface area (Å²) >= 11 is 0. The maximum atomic E-state index is 12.1. The van der Waals surface area contributed by atoms with Gasteiger partial charge in [0.2, 0.25) is 0 Å². The Hall–Kier alpha value is -0.570. The summed E-state index contributed by atoms with van der Waals surface area (Å²) < 4.78 is 5.63. The molecule has 3 heteroatoms. The number of rotatable bonds is 6. The van der Waals surface area contributed by atoms with Crippen molar-refractivity contribution in [1.82, 2.24) is 0 Å². The predicted octanol–water partition coefficient (Wildman–Crippen LogP) is 3.69. The molecule has 0 aromatic carbocycles. The van der Waals surface area contributed by atoms with Gasteiger partial charge in [0.15, 0.2) is 0 Å². The average molecular weight is 270 g/mol. The van der Waals surface area contributed by atoms with Gasteiger partial charge in [-0.1, -0.05) is 20.8 Å². The maximum Gasteiger partial charge on any atom is 0.311 e. The third-order valence-electron chi connectivity index (χ3n) is 5.08. The van der Waals surface area contributed by atoms with E-state index in [9.17, 15) is 9.90 Å². The van der Waals surface area contributed by atoms with Crippen LogP contribution in [0.15, 0.2) is 0 Å². The molecular weight excluding hydrogens is 240 g/mol. The van der Waals surface area contributed by atoms with Crippen LogP contribution in [0.4, 0.5) is 0 Å². The van der Waals surface area contributed by atoms with Gasteiger partial charge in [-0.2, -0.15) is 0 Å². The van der Waals surface area contributed by atoms with E-state index in [0.29, 0.717) is 0 Å². The van der Waals surface area contributed by atoms with E-state index in [1.165, 1.54) is 0 Å². The molecule has 1 N–H and O–H groups in total. The maximum absolute atomic E-state index is 12.1. The Morgan fingerprint density at radius 1 is 1.16 bits per heavy atom. The monoisotopic (exact) mass is 270 g/mol. The van der Waals surface area contributed by atoms with Gasteiger partial charge in [0.1, 0.15) is 6.10 Å². The second-order valence-corrected chi connectivity index (χ2v) is 6.59. The molecule has 1 rings (SSSR count). The van der Waals surface area contributed by atoms with Crippen molar-refractivity contribution in [2.24, 2.45) is 11.3 Å².